The maximum absolute atomic E-state index is 13.0. The Balaban J connectivity index is 1.41. The number of benzene rings is 3. The molecule has 1 aliphatic rings. The van der Waals surface area contributed by atoms with Gasteiger partial charge in [0.2, 0.25) is 15.9 Å². The largest absolute Gasteiger partial charge is 0.325 e. The average molecular weight is 576 g/mol. The number of halogens is 2. The second-order valence-corrected chi connectivity index (χ2v) is 11.8. The van der Waals surface area contributed by atoms with Crippen LogP contribution in [0, 0.1) is 5.92 Å². The van der Waals surface area contributed by atoms with Gasteiger partial charge in [-0.05, 0) is 48.7 Å². The van der Waals surface area contributed by atoms with Crippen LogP contribution in [-0.2, 0) is 20.6 Å². The lowest BCUT2D eigenvalue weighted by atomic mass is 9.96. The smallest absolute Gasteiger partial charge is 0.227 e. The van der Waals surface area contributed by atoms with Crippen molar-refractivity contribution < 1.29 is 18.0 Å². The van der Waals surface area contributed by atoms with Crippen LogP contribution in [0.25, 0.3) is 0 Å². The van der Waals surface area contributed by atoms with E-state index in [0.29, 0.717) is 40.2 Å². The van der Waals surface area contributed by atoms with E-state index in [0.717, 1.165) is 4.47 Å². The van der Waals surface area contributed by atoms with Crippen LogP contribution in [0.3, 0.4) is 0 Å². The molecule has 3 aromatic carbocycles. The molecular formula is C26H24BrClN2O4S. The molecule has 4 rings (SSSR count). The fourth-order valence-corrected chi connectivity index (χ4v) is 6.07. The summed E-state index contributed by atoms with van der Waals surface area (Å²) in [5.74, 6) is -0.909. The molecule has 0 atom stereocenters. The normalized spacial score (nSPS) is 15.0. The molecule has 0 aliphatic carbocycles. The Morgan fingerprint density at radius 1 is 0.971 bits per heavy atom. The molecule has 0 bridgehead atoms. The quantitative estimate of drug-likeness (QED) is 0.377. The fourth-order valence-electron chi connectivity index (χ4n) is 4.07. The Hall–Kier alpha value is -2.52. The van der Waals surface area contributed by atoms with Crippen LogP contribution < -0.4 is 5.32 Å². The van der Waals surface area contributed by atoms with Gasteiger partial charge in [-0.2, -0.15) is 0 Å². The number of carbonyl (C=O) groups is 2. The number of rotatable bonds is 7. The van der Waals surface area contributed by atoms with Crippen molar-refractivity contribution in [2.45, 2.75) is 18.6 Å². The molecule has 1 heterocycles. The zero-order valence-corrected chi connectivity index (χ0v) is 21.9. The van der Waals surface area contributed by atoms with E-state index in [-0.39, 0.29) is 36.5 Å². The van der Waals surface area contributed by atoms with Crippen LogP contribution in [0.5, 0.6) is 0 Å². The Morgan fingerprint density at radius 3 is 2.29 bits per heavy atom. The summed E-state index contributed by atoms with van der Waals surface area (Å²) in [7, 11) is -3.48. The number of nitrogens with one attached hydrogen (secondary N) is 1. The van der Waals surface area contributed by atoms with Crippen molar-refractivity contribution in [1.29, 1.82) is 0 Å². The number of anilines is 1. The fraction of sp³-hybridized carbons (Fsp3) is 0.231. The van der Waals surface area contributed by atoms with E-state index in [1.165, 1.54) is 4.31 Å². The summed E-state index contributed by atoms with van der Waals surface area (Å²) >= 11 is 9.48. The summed E-state index contributed by atoms with van der Waals surface area (Å²) in [6.45, 7) is 0.542. The number of sulfonamides is 1. The Kier molecular flexibility index (Phi) is 8.06. The first-order valence-corrected chi connectivity index (χ1v) is 13.9. The van der Waals surface area contributed by atoms with E-state index in [1.54, 1.807) is 54.6 Å². The number of ketones is 1. The molecule has 1 fully saturated rings. The second-order valence-electron chi connectivity index (χ2n) is 8.43. The van der Waals surface area contributed by atoms with Gasteiger partial charge in [0.05, 0.1) is 11.4 Å². The molecule has 3 aromatic rings. The molecule has 1 N–H and O–H groups in total. The standard InChI is InChI=1S/C26H24BrClN2O4S/c27-21-8-6-18(7-9-21)17-35(33,34)30-14-12-20(13-15-30)26(32)29-24-11-10-22(28)16-23(24)25(31)19-4-2-1-3-5-19/h1-11,16,20H,12-15,17H2,(H,29,32). The topological polar surface area (TPSA) is 83.6 Å². The zero-order valence-electron chi connectivity index (χ0n) is 18.8. The van der Waals surface area contributed by atoms with Crippen LogP contribution in [0.1, 0.15) is 34.3 Å². The summed E-state index contributed by atoms with van der Waals surface area (Å²) in [5, 5.41) is 3.26. The molecule has 0 radical (unpaired) electrons. The van der Waals surface area contributed by atoms with Crippen LogP contribution in [0.4, 0.5) is 5.69 Å². The lowest BCUT2D eigenvalue weighted by Gasteiger charge is -2.30. The number of hydrogen-bond acceptors (Lipinski definition) is 4. The predicted molar refractivity (Wildman–Crippen MR) is 141 cm³/mol. The monoisotopic (exact) mass is 574 g/mol. The Morgan fingerprint density at radius 2 is 1.63 bits per heavy atom. The molecule has 0 aromatic heterocycles. The average Bonchev–Trinajstić information content (AvgIpc) is 2.86. The van der Waals surface area contributed by atoms with Gasteiger partial charge in [-0.1, -0.05) is 70.0 Å². The summed E-state index contributed by atoms with van der Waals surface area (Å²) in [6.07, 6.45) is 0.807. The zero-order chi connectivity index (χ0) is 25.0. The van der Waals surface area contributed by atoms with E-state index in [9.17, 15) is 18.0 Å². The molecule has 1 aliphatic heterocycles. The van der Waals surface area contributed by atoms with Crippen LogP contribution in [-0.4, -0.2) is 37.5 Å². The lowest BCUT2D eigenvalue weighted by molar-refractivity contribution is -0.120. The van der Waals surface area contributed by atoms with Crippen LogP contribution in [0.2, 0.25) is 5.02 Å². The first-order valence-electron chi connectivity index (χ1n) is 11.2. The van der Waals surface area contributed by atoms with Gasteiger partial charge < -0.3 is 5.32 Å². The highest BCUT2D eigenvalue weighted by atomic mass is 79.9. The van der Waals surface area contributed by atoms with E-state index >= 15 is 0 Å². The summed E-state index contributed by atoms with van der Waals surface area (Å²) < 4.78 is 28.1. The van der Waals surface area contributed by atoms with E-state index in [1.807, 2.05) is 18.2 Å². The minimum absolute atomic E-state index is 0.0765. The van der Waals surface area contributed by atoms with Crippen molar-refractivity contribution in [2.75, 3.05) is 18.4 Å². The number of hydrogen-bond donors (Lipinski definition) is 1. The molecule has 0 saturated carbocycles. The minimum atomic E-state index is -3.48. The summed E-state index contributed by atoms with van der Waals surface area (Å²) in [4.78, 5) is 26.0. The van der Waals surface area contributed by atoms with Gasteiger partial charge in [-0.15, -0.1) is 0 Å². The highest BCUT2D eigenvalue weighted by Crippen LogP contribution is 2.27. The third kappa shape index (κ3) is 6.38. The van der Waals surface area contributed by atoms with E-state index in [2.05, 4.69) is 21.2 Å². The highest BCUT2D eigenvalue weighted by molar-refractivity contribution is 9.10. The molecule has 6 nitrogen and oxygen atoms in total. The molecule has 0 unspecified atom stereocenters. The molecular weight excluding hydrogens is 552 g/mol. The third-order valence-electron chi connectivity index (χ3n) is 6.00. The molecule has 35 heavy (non-hydrogen) atoms. The van der Waals surface area contributed by atoms with Gasteiger partial charge in [-0.25, -0.2) is 12.7 Å². The Bertz CT molecular complexity index is 1320. The SMILES string of the molecule is O=C(c1ccccc1)c1cc(Cl)ccc1NC(=O)C1CCN(S(=O)(=O)Cc2ccc(Br)cc2)CC1. The Labute approximate surface area is 218 Å². The first-order chi connectivity index (χ1) is 16.7. The van der Waals surface area contributed by atoms with Crippen LogP contribution in [0.15, 0.2) is 77.3 Å². The number of piperidine rings is 1. The van der Waals surface area contributed by atoms with Gasteiger partial charge in [0.1, 0.15) is 0 Å². The molecule has 1 saturated heterocycles. The number of nitrogens with zero attached hydrogens (tertiary/aromatic N) is 1. The van der Waals surface area contributed by atoms with Gasteiger partial charge >= 0.3 is 0 Å². The third-order valence-corrected chi connectivity index (χ3v) is 8.61. The van der Waals surface area contributed by atoms with Gasteiger partial charge in [-0.3, -0.25) is 9.59 Å². The molecule has 182 valence electrons. The van der Waals surface area contributed by atoms with Crippen LogP contribution >= 0.6 is 27.5 Å². The number of carbonyl (C=O) groups excluding carboxylic acids is 2. The lowest BCUT2D eigenvalue weighted by Crippen LogP contribution is -2.42. The summed E-state index contributed by atoms with van der Waals surface area (Å²) in [5.41, 5.74) is 1.91. The van der Waals surface area contributed by atoms with E-state index < -0.39 is 10.0 Å². The van der Waals surface area contributed by atoms with E-state index in [4.69, 9.17) is 11.6 Å². The van der Waals surface area contributed by atoms with Crippen molar-refractivity contribution in [1.82, 2.24) is 4.31 Å². The van der Waals surface area contributed by atoms with Crippen molar-refractivity contribution >= 4 is 54.9 Å². The maximum atomic E-state index is 13.0. The molecule has 9 heteroatoms. The summed E-state index contributed by atoms with van der Waals surface area (Å²) in [6, 6.07) is 20.8. The maximum Gasteiger partial charge on any atom is 0.227 e. The predicted octanol–water partition coefficient (Wildman–Crippen LogP) is 5.51. The minimum Gasteiger partial charge on any atom is -0.325 e. The van der Waals surface area contributed by atoms with Crippen molar-refractivity contribution in [3.8, 4) is 0 Å². The molecule has 0 spiro atoms. The highest BCUT2D eigenvalue weighted by Gasteiger charge is 2.31. The van der Waals surface area contributed by atoms with Crippen molar-refractivity contribution in [2.24, 2.45) is 5.92 Å². The first kappa shape index (κ1) is 25.6. The van der Waals surface area contributed by atoms with Crippen molar-refractivity contribution in [3.05, 3.63) is 99.0 Å². The second kappa shape index (κ2) is 11.0. The molecule has 1 amide bonds. The van der Waals surface area contributed by atoms with Gasteiger partial charge in [0.25, 0.3) is 0 Å². The number of amides is 1. The van der Waals surface area contributed by atoms with Crippen molar-refractivity contribution in [3.63, 3.8) is 0 Å². The van der Waals surface area contributed by atoms with Gasteiger partial charge in [0.15, 0.2) is 5.78 Å². The van der Waals surface area contributed by atoms with Gasteiger partial charge in [0, 0.05) is 39.6 Å².